The number of anilines is 1. The molecular weight excluding hydrogens is 522 g/mol. The van der Waals surface area contributed by atoms with Crippen LogP contribution in [0.15, 0.2) is 48.0 Å². The molecule has 1 amide bonds. The van der Waals surface area contributed by atoms with E-state index in [0.29, 0.717) is 56.4 Å². The first-order chi connectivity index (χ1) is 20.1. The lowest BCUT2D eigenvalue weighted by Gasteiger charge is -2.36. The molecule has 41 heavy (non-hydrogen) atoms. The van der Waals surface area contributed by atoms with Crippen molar-refractivity contribution in [3.8, 4) is 23.3 Å². The molecule has 0 saturated carbocycles. The van der Waals surface area contributed by atoms with Gasteiger partial charge in [0.25, 0.3) is 5.91 Å². The summed E-state index contributed by atoms with van der Waals surface area (Å²) in [6.07, 6.45) is 2.47. The highest BCUT2D eigenvalue weighted by atomic mass is 16.5. The summed E-state index contributed by atoms with van der Waals surface area (Å²) in [7, 11) is 3.31. The van der Waals surface area contributed by atoms with Gasteiger partial charge in [-0.3, -0.25) is 14.6 Å². The molecule has 1 N–H and O–H groups in total. The Kier molecular flexibility index (Phi) is 11.3. The number of methoxy groups -OCH3 is 2. The Bertz CT molecular complexity index is 1210. The van der Waals surface area contributed by atoms with Gasteiger partial charge in [-0.15, -0.1) is 0 Å². The molecule has 2 saturated heterocycles. The van der Waals surface area contributed by atoms with Gasteiger partial charge in [-0.2, -0.15) is 5.26 Å². The fourth-order valence-corrected chi connectivity index (χ4v) is 5.26. The number of para-hydroxylation sites is 2. The molecule has 0 unspecified atom stereocenters. The van der Waals surface area contributed by atoms with E-state index in [9.17, 15) is 10.1 Å². The van der Waals surface area contributed by atoms with Crippen molar-refractivity contribution >= 4 is 17.7 Å². The van der Waals surface area contributed by atoms with E-state index in [1.54, 1.807) is 31.3 Å². The van der Waals surface area contributed by atoms with Crippen LogP contribution in [0.1, 0.15) is 12.0 Å². The summed E-state index contributed by atoms with van der Waals surface area (Å²) in [5.41, 5.74) is 1.93. The fraction of sp³-hybridized carbons (Fsp3) is 0.484. The summed E-state index contributed by atoms with van der Waals surface area (Å²) < 4.78 is 17.1. The van der Waals surface area contributed by atoms with Gasteiger partial charge in [-0.05, 0) is 42.3 Å². The number of aliphatic hydroxyl groups is 1. The number of ether oxygens (including phenoxy) is 3. The number of nitrogens with zero attached hydrogens (tertiary/aromatic N) is 5. The Hall–Kier alpha value is -3.78. The van der Waals surface area contributed by atoms with E-state index >= 15 is 0 Å². The van der Waals surface area contributed by atoms with Crippen molar-refractivity contribution in [3.63, 3.8) is 0 Å². The number of amides is 1. The standard InChI is InChI=1S/C31H41N5O5/c1-39-28-7-4-3-6-27(28)35-15-11-33(12-16-35)10-5-21-41-30-23-25(8-9-29(30)40-2)22-26(24-32)31(38)36-17-13-34(14-18-36)19-20-37/h3-4,6-9,22-23,37H,5,10-21H2,1-2H3/b26-22+. The maximum absolute atomic E-state index is 13.0. The second-order valence-electron chi connectivity index (χ2n) is 10.1. The third-order valence-electron chi connectivity index (χ3n) is 7.60. The van der Waals surface area contributed by atoms with Crippen LogP contribution in [0, 0.1) is 11.3 Å². The molecule has 0 atom stereocenters. The van der Waals surface area contributed by atoms with Crippen LogP contribution in [0.3, 0.4) is 0 Å². The van der Waals surface area contributed by atoms with Gasteiger partial charge >= 0.3 is 0 Å². The molecule has 0 bridgehead atoms. The topological polar surface area (TPSA) is 102 Å². The van der Waals surface area contributed by atoms with Crippen LogP contribution in [-0.2, 0) is 4.79 Å². The largest absolute Gasteiger partial charge is 0.495 e. The molecule has 4 rings (SSSR count). The van der Waals surface area contributed by atoms with Gasteiger partial charge in [-0.25, -0.2) is 0 Å². The number of hydrogen-bond acceptors (Lipinski definition) is 9. The van der Waals surface area contributed by atoms with Crippen molar-refractivity contribution < 1.29 is 24.1 Å². The number of carbonyl (C=O) groups excluding carboxylic acids is 1. The van der Waals surface area contributed by atoms with E-state index in [1.165, 1.54) is 0 Å². The van der Waals surface area contributed by atoms with Gasteiger partial charge in [0.1, 0.15) is 17.4 Å². The molecule has 2 aromatic carbocycles. The van der Waals surface area contributed by atoms with Crippen LogP contribution in [0.4, 0.5) is 5.69 Å². The summed E-state index contributed by atoms with van der Waals surface area (Å²) in [6, 6.07) is 15.6. The highest BCUT2D eigenvalue weighted by Crippen LogP contribution is 2.30. The first kappa shape index (κ1) is 30.2. The second kappa shape index (κ2) is 15.3. The lowest BCUT2D eigenvalue weighted by molar-refractivity contribution is -0.128. The average Bonchev–Trinajstić information content (AvgIpc) is 3.02. The van der Waals surface area contributed by atoms with Crippen molar-refractivity contribution in [2.45, 2.75) is 6.42 Å². The number of β-amino-alcohol motifs (C(OH)–C–C–N with tert-alkyl or cyclic N) is 1. The van der Waals surface area contributed by atoms with E-state index in [4.69, 9.17) is 19.3 Å². The monoisotopic (exact) mass is 563 g/mol. The Morgan fingerprint density at radius 1 is 0.902 bits per heavy atom. The van der Waals surface area contributed by atoms with Gasteiger partial charge < -0.3 is 29.1 Å². The molecule has 2 fully saturated rings. The minimum atomic E-state index is -0.278. The number of rotatable bonds is 12. The predicted octanol–water partition coefficient (Wildman–Crippen LogP) is 2.34. The van der Waals surface area contributed by atoms with E-state index in [2.05, 4.69) is 26.8 Å². The summed E-state index contributed by atoms with van der Waals surface area (Å²) >= 11 is 0. The van der Waals surface area contributed by atoms with E-state index in [1.807, 2.05) is 30.3 Å². The number of benzene rings is 2. The number of hydrogen-bond donors (Lipinski definition) is 1. The van der Waals surface area contributed by atoms with E-state index in [0.717, 1.165) is 50.6 Å². The van der Waals surface area contributed by atoms with Crippen LogP contribution in [0.5, 0.6) is 17.2 Å². The maximum atomic E-state index is 13.0. The number of aliphatic hydroxyl groups excluding tert-OH is 1. The third-order valence-corrected chi connectivity index (χ3v) is 7.60. The molecule has 2 aliphatic heterocycles. The maximum Gasteiger partial charge on any atom is 0.264 e. The zero-order chi connectivity index (χ0) is 29.0. The quantitative estimate of drug-likeness (QED) is 0.237. The van der Waals surface area contributed by atoms with Crippen LogP contribution >= 0.6 is 0 Å². The molecule has 0 aromatic heterocycles. The Balaban J connectivity index is 1.28. The Labute approximate surface area is 242 Å². The first-order valence-electron chi connectivity index (χ1n) is 14.2. The molecule has 0 radical (unpaired) electrons. The van der Waals surface area contributed by atoms with Crippen LogP contribution in [0.2, 0.25) is 0 Å². The normalized spacial score (nSPS) is 16.8. The summed E-state index contributed by atoms with van der Waals surface area (Å²) in [4.78, 5) is 21.6. The van der Waals surface area contributed by atoms with Crippen molar-refractivity contribution in [1.29, 1.82) is 5.26 Å². The summed E-state index contributed by atoms with van der Waals surface area (Å²) in [5, 5.41) is 18.9. The smallest absolute Gasteiger partial charge is 0.264 e. The predicted molar refractivity (Wildman–Crippen MR) is 158 cm³/mol. The number of piperazine rings is 2. The second-order valence-corrected chi connectivity index (χ2v) is 10.1. The average molecular weight is 564 g/mol. The molecule has 10 heteroatoms. The Morgan fingerprint density at radius 3 is 2.27 bits per heavy atom. The minimum Gasteiger partial charge on any atom is -0.495 e. The van der Waals surface area contributed by atoms with Crippen molar-refractivity contribution in [3.05, 3.63) is 53.6 Å². The lowest BCUT2D eigenvalue weighted by atomic mass is 10.1. The van der Waals surface area contributed by atoms with Gasteiger partial charge in [-0.1, -0.05) is 18.2 Å². The highest BCUT2D eigenvalue weighted by Gasteiger charge is 2.24. The molecule has 2 heterocycles. The summed E-state index contributed by atoms with van der Waals surface area (Å²) in [6.45, 7) is 8.42. The summed E-state index contributed by atoms with van der Waals surface area (Å²) in [5.74, 6) is 1.82. The van der Waals surface area contributed by atoms with E-state index < -0.39 is 0 Å². The SMILES string of the molecule is COc1ccc(/C=C(\C#N)C(=O)N2CCN(CCO)CC2)cc1OCCCN1CCN(c2ccccc2OC)CC1. The van der Waals surface area contributed by atoms with Gasteiger partial charge in [0.05, 0.1) is 33.1 Å². The molecule has 220 valence electrons. The zero-order valence-corrected chi connectivity index (χ0v) is 24.1. The van der Waals surface area contributed by atoms with Crippen LogP contribution in [0.25, 0.3) is 6.08 Å². The molecule has 2 aromatic rings. The highest BCUT2D eigenvalue weighted by molar-refractivity contribution is 6.01. The molecular formula is C31H41N5O5. The van der Waals surface area contributed by atoms with Crippen LogP contribution < -0.4 is 19.1 Å². The molecule has 0 spiro atoms. The minimum absolute atomic E-state index is 0.0870. The van der Waals surface area contributed by atoms with Gasteiger partial charge in [0, 0.05) is 65.4 Å². The van der Waals surface area contributed by atoms with Gasteiger partial charge in [0.2, 0.25) is 0 Å². The van der Waals surface area contributed by atoms with Gasteiger partial charge in [0.15, 0.2) is 11.5 Å². The molecule has 2 aliphatic rings. The van der Waals surface area contributed by atoms with Crippen molar-refractivity contribution in [2.75, 3.05) is 97.8 Å². The molecule has 10 nitrogen and oxygen atoms in total. The van der Waals surface area contributed by atoms with Crippen LogP contribution in [-0.4, -0.2) is 119 Å². The first-order valence-corrected chi connectivity index (χ1v) is 14.2. The van der Waals surface area contributed by atoms with Crippen molar-refractivity contribution in [1.82, 2.24) is 14.7 Å². The van der Waals surface area contributed by atoms with E-state index in [-0.39, 0.29) is 18.1 Å². The molecule has 0 aliphatic carbocycles. The Morgan fingerprint density at radius 2 is 1.59 bits per heavy atom. The number of nitriles is 1. The third kappa shape index (κ3) is 8.13. The lowest BCUT2D eigenvalue weighted by Crippen LogP contribution is -2.49. The zero-order valence-electron chi connectivity index (χ0n) is 24.1. The number of carbonyl (C=O) groups is 1. The fourth-order valence-electron chi connectivity index (χ4n) is 5.26. The van der Waals surface area contributed by atoms with Crippen molar-refractivity contribution in [2.24, 2.45) is 0 Å².